The van der Waals surface area contributed by atoms with E-state index in [0.29, 0.717) is 28.6 Å². The molecule has 4 nitrogen and oxygen atoms in total. The third-order valence-corrected chi connectivity index (χ3v) is 8.35. The van der Waals surface area contributed by atoms with Gasteiger partial charge in [-0.2, -0.15) is 0 Å². The summed E-state index contributed by atoms with van der Waals surface area (Å²) in [5.41, 5.74) is 0.601. The number of carbonyl (C=O) groups is 2. The zero-order valence-corrected chi connectivity index (χ0v) is 18.9. The van der Waals surface area contributed by atoms with Crippen LogP contribution in [-0.4, -0.2) is 29.2 Å². The molecule has 0 radical (unpaired) electrons. The fourth-order valence-electron chi connectivity index (χ4n) is 6.43. The summed E-state index contributed by atoms with van der Waals surface area (Å²) in [5.74, 6) is -1.25. The van der Waals surface area contributed by atoms with Crippen LogP contribution in [0.25, 0.3) is 0 Å². The van der Waals surface area contributed by atoms with Gasteiger partial charge >= 0.3 is 0 Å². The minimum atomic E-state index is -1.16. The minimum absolute atomic E-state index is 0.00726. The lowest BCUT2D eigenvalue weighted by Gasteiger charge is -2.40. The van der Waals surface area contributed by atoms with E-state index in [1.54, 1.807) is 24.3 Å². The van der Waals surface area contributed by atoms with Gasteiger partial charge in [0.05, 0.1) is 5.02 Å². The number of nitrogens with one attached hydrogen (secondary N) is 1. The quantitative estimate of drug-likeness (QED) is 0.638. The van der Waals surface area contributed by atoms with Crippen LogP contribution in [0, 0.1) is 17.7 Å². The van der Waals surface area contributed by atoms with Gasteiger partial charge in [-0.25, -0.2) is 4.39 Å². The van der Waals surface area contributed by atoms with E-state index in [4.69, 9.17) is 23.2 Å². The SMILES string of the molecule is O=C1CCC[C@H]2[C@@H]1[C@H](c1cccc(Cl)c1F)[C@]1(C(=O)Nc3cc(Cl)ccc31)N2CC1CC1. The maximum absolute atomic E-state index is 15.5. The predicted octanol–water partition coefficient (Wildman–Crippen LogP) is 5.53. The first-order valence-electron chi connectivity index (χ1n) is 11.3. The normalized spacial score (nSPS) is 31.7. The Labute approximate surface area is 196 Å². The predicted molar refractivity (Wildman–Crippen MR) is 121 cm³/mol. The van der Waals surface area contributed by atoms with E-state index in [0.717, 1.165) is 37.8 Å². The Morgan fingerprint density at radius 1 is 1.12 bits per heavy atom. The molecule has 0 unspecified atom stereocenters. The molecule has 166 valence electrons. The second-order valence-electron chi connectivity index (χ2n) is 9.58. The van der Waals surface area contributed by atoms with E-state index < -0.39 is 23.2 Å². The molecule has 0 bridgehead atoms. The average molecular weight is 473 g/mol. The molecule has 1 amide bonds. The number of fused-ring (bicyclic) bond motifs is 3. The number of Topliss-reactive ketones (excluding diaryl/α,β-unsaturated/α-hetero) is 1. The van der Waals surface area contributed by atoms with E-state index in [1.807, 2.05) is 6.07 Å². The van der Waals surface area contributed by atoms with E-state index in [9.17, 15) is 9.59 Å². The maximum atomic E-state index is 15.5. The van der Waals surface area contributed by atoms with Gasteiger partial charge < -0.3 is 5.32 Å². The fourth-order valence-corrected chi connectivity index (χ4v) is 6.78. The van der Waals surface area contributed by atoms with Crippen LogP contribution in [0.5, 0.6) is 0 Å². The first-order chi connectivity index (χ1) is 15.4. The number of benzene rings is 2. The molecule has 1 saturated heterocycles. The monoisotopic (exact) mass is 472 g/mol. The molecule has 1 N–H and O–H groups in total. The number of anilines is 1. The number of amides is 1. The largest absolute Gasteiger partial charge is 0.324 e. The minimum Gasteiger partial charge on any atom is -0.324 e. The second kappa shape index (κ2) is 7.28. The molecule has 2 heterocycles. The van der Waals surface area contributed by atoms with Crippen molar-refractivity contribution in [2.45, 2.75) is 49.6 Å². The smallest absolute Gasteiger partial charge is 0.250 e. The Morgan fingerprint density at radius 3 is 2.72 bits per heavy atom. The van der Waals surface area contributed by atoms with E-state index in [-0.39, 0.29) is 22.8 Å². The third-order valence-electron chi connectivity index (χ3n) is 7.83. The molecule has 2 aromatic rings. The molecule has 6 rings (SSSR count). The zero-order valence-electron chi connectivity index (χ0n) is 17.4. The van der Waals surface area contributed by atoms with Crippen LogP contribution >= 0.6 is 23.2 Å². The number of rotatable bonds is 3. The van der Waals surface area contributed by atoms with Gasteiger partial charge in [-0.15, -0.1) is 0 Å². The Hall–Kier alpha value is -1.95. The Bertz CT molecular complexity index is 1150. The Kier molecular flexibility index (Phi) is 4.69. The summed E-state index contributed by atoms with van der Waals surface area (Å²) in [6.45, 7) is 0.725. The Morgan fingerprint density at radius 2 is 1.94 bits per heavy atom. The fraction of sp³-hybridized carbons (Fsp3) is 0.440. The number of hydrogen-bond acceptors (Lipinski definition) is 3. The number of halogens is 3. The lowest BCUT2D eigenvalue weighted by Crippen LogP contribution is -2.52. The van der Waals surface area contributed by atoms with Crippen LogP contribution < -0.4 is 5.32 Å². The molecular weight excluding hydrogens is 450 g/mol. The van der Waals surface area contributed by atoms with E-state index in [2.05, 4.69) is 10.2 Å². The highest BCUT2D eigenvalue weighted by molar-refractivity contribution is 6.31. The average Bonchev–Trinajstić information content (AvgIpc) is 3.47. The van der Waals surface area contributed by atoms with Crippen molar-refractivity contribution in [2.75, 3.05) is 11.9 Å². The van der Waals surface area contributed by atoms with Crippen molar-refractivity contribution in [2.24, 2.45) is 11.8 Å². The van der Waals surface area contributed by atoms with Gasteiger partial charge in [0.2, 0.25) is 5.91 Å². The summed E-state index contributed by atoms with van der Waals surface area (Å²) < 4.78 is 15.5. The van der Waals surface area contributed by atoms with E-state index >= 15 is 4.39 Å². The number of ketones is 1. The molecule has 3 fully saturated rings. The molecule has 7 heteroatoms. The van der Waals surface area contributed by atoms with Gasteiger partial charge in [-0.3, -0.25) is 14.5 Å². The lowest BCUT2D eigenvalue weighted by atomic mass is 9.68. The van der Waals surface area contributed by atoms with Crippen LogP contribution in [0.1, 0.15) is 49.1 Å². The highest BCUT2D eigenvalue weighted by atomic mass is 35.5. The van der Waals surface area contributed by atoms with Gasteiger partial charge in [-0.05, 0) is 55.4 Å². The highest BCUT2D eigenvalue weighted by Crippen LogP contribution is 2.62. The zero-order chi connectivity index (χ0) is 22.2. The number of carbonyl (C=O) groups excluding carboxylic acids is 2. The topological polar surface area (TPSA) is 49.4 Å². The van der Waals surface area contributed by atoms with Crippen molar-refractivity contribution in [3.8, 4) is 0 Å². The standard InChI is InChI=1S/C25H23Cl2FN2O2/c26-14-9-10-16-18(11-14)29-24(32)25(16)22(15-3-1-4-17(27)23(15)28)21-19(5-2-6-20(21)31)30(25)12-13-7-8-13/h1,3-4,9-11,13,19,21-22H,2,5-8,12H2,(H,29,32)/t19-,21-,22-,25+/m0/s1. The summed E-state index contributed by atoms with van der Waals surface area (Å²) in [6, 6.07) is 10.2. The van der Waals surface area contributed by atoms with Crippen LogP contribution in [0.4, 0.5) is 10.1 Å². The molecule has 0 aromatic heterocycles. The summed E-state index contributed by atoms with van der Waals surface area (Å²) in [5, 5.41) is 3.55. The first-order valence-corrected chi connectivity index (χ1v) is 12.0. The molecule has 2 aliphatic heterocycles. The highest BCUT2D eigenvalue weighted by Gasteiger charge is 2.69. The number of likely N-dealkylation sites (tertiary alicyclic amines) is 1. The van der Waals surface area contributed by atoms with Crippen molar-refractivity contribution in [3.05, 3.63) is 63.4 Å². The first kappa shape index (κ1) is 20.6. The van der Waals surface area contributed by atoms with Crippen molar-refractivity contribution in [3.63, 3.8) is 0 Å². The molecule has 2 aliphatic carbocycles. The van der Waals surface area contributed by atoms with E-state index in [1.165, 1.54) is 6.07 Å². The van der Waals surface area contributed by atoms with Gasteiger partial charge in [-0.1, -0.05) is 41.4 Å². The molecule has 1 spiro atoms. The maximum Gasteiger partial charge on any atom is 0.250 e. The van der Waals surface area contributed by atoms with Crippen molar-refractivity contribution in [1.82, 2.24) is 4.90 Å². The van der Waals surface area contributed by atoms with Crippen molar-refractivity contribution < 1.29 is 14.0 Å². The molecule has 2 saturated carbocycles. The van der Waals surface area contributed by atoms with Crippen LogP contribution in [0.3, 0.4) is 0 Å². The third kappa shape index (κ3) is 2.77. The summed E-state index contributed by atoms with van der Waals surface area (Å²) in [4.78, 5) is 29.6. The van der Waals surface area contributed by atoms with Crippen molar-refractivity contribution in [1.29, 1.82) is 0 Å². The number of hydrogen-bond donors (Lipinski definition) is 1. The second-order valence-corrected chi connectivity index (χ2v) is 10.4. The van der Waals surface area contributed by atoms with Crippen LogP contribution in [0.15, 0.2) is 36.4 Å². The van der Waals surface area contributed by atoms with Crippen LogP contribution in [-0.2, 0) is 15.1 Å². The molecule has 4 atom stereocenters. The van der Waals surface area contributed by atoms with Gasteiger partial charge in [0.1, 0.15) is 17.1 Å². The molecule has 4 aliphatic rings. The summed E-state index contributed by atoms with van der Waals surface area (Å²) in [6.07, 6.45) is 4.30. The molecule has 2 aromatic carbocycles. The van der Waals surface area contributed by atoms with Gasteiger partial charge in [0.15, 0.2) is 0 Å². The molecular formula is C25H23Cl2FN2O2. The van der Waals surface area contributed by atoms with Gasteiger partial charge in [0, 0.05) is 47.1 Å². The Balaban J connectivity index is 1.65. The van der Waals surface area contributed by atoms with Gasteiger partial charge in [0.25, 0.3) is 0 Å². The molecule has 32 heavy (non-hydrogen) atoms. The summed E-state index contributed by atoms with van der Waals surface area (Å²) in [7, 11) is 0. The van der Waals surface area contributed by atoms with Crippen molar-refractivity contribution >= 4 is 40.6 Å². The van der Waals surface area contributed by atoms with Crippen LogP contribution in [0.2, 0.25) is 10.0 Å². The number of nitrogens with zero attached hydrogens (tertiary/aromatic N) is 1. The lowest BCUT2D eigenvalue weighted by molar-refractivity contribution is -0.128. The summed E-state index contributed by atoms with van der Waals surface area (Å²) >= 11 is 12.4.